The lowest BCUT2D eigenvalue weighted by Crippen LogP contribution is -2.24. The van der Waals surface area contributed by atoms with Gasteiger partial charge in [0.05, 0.1) is 0 Å². The number of aryl methyl sites for hydroxylation is 1. The van der Waals surface area contributed by atoms with E-state index in [4.69, 9.17) is 0 Å². The number of nitrogens with zero attached hydrogens (tertiary/aromatic N) is 2. The van der Waals surface area contributed by atoms with Crippen molar-refractivity contribution in [1.82, 2.24) is 14.8 Å². The van der Waals surface area contributed by atoms with Gasteiger partial charge in [0.25, 0.3) is 0 Å². The van der Waals surface area contributed by atoms with Crippen molar-refractivity contribution in [3.05, 3.63) is 23.0 Å². The van der Waals surface area contributed by atoms with Gasteiger partial charge >= 0.3 is 0 Å². The standard InChI is InChI=1S/C14H25N3/c1-11-7-14(12(2)17(11)4)9-15-8-13-5-6-16(3)10-13/h7,13,15H,5-6,8-10H2,1-4H3. The van der Waals surface area contributed by atoms with Crippen molar-refractivity contribution in [3.8, 4) is 0 Å². The molecular formula is C14H25N3. The highest BCUT2D eigenvalue weighted by Crippen LogP contribution is 2.15. The van der Waals surface area contributed by atoms with Crippen LogP contribution in [-0.4, -0.2) is 36.1 Å². The van der Waals surface area contributed by atoms with Crippen molar-refractivity contribution in [2.24, 2.45) is 13.0 Å². The Labute approximate surface area is 105 Å². The van der Waals surface area contributed by atoms with Crippen LogP contribution in [0.2, 0.25) is 0 Å². The van der Waals surface area contributed by atoms with Gasteiger partial charge in [-0.25, -0.2) is 0 Å². The first kappa shape index (κ1) is 12.7. The van der Waals surface area contributed by atoms with Crippen LogP contribution in [0.25, 0.3) is 0 Å². The van der Waals surface area contributed by atoms with Crippen LogP contribution in [0.15, 0.2) is 6.07 Å². The molecule has 0 saturated carbocycles. The molecule has 0 aliphatic carbocycles. The van der Waals surface area contributed by atoms with Gasteiger partial charge in [0.15, 0.2) is 0 Å². The maximum Gasteiger partial charge on any atom is 0.0223 e. The Hall–Kier alpha value is -0.800. The van der Waals surface area contributed by atoms with Crippen LogP contribution in [-0.2, 0) is 13.6 Å². The van der Waals surface area contributed by atoms with Crippen LogP contribution >= 0.6 is 0 Å². The Morgan fingerprint density at radius 3 is 2.65 bits per heavy atom. The van der Waals surface area contributed by atoms with E-state index in [1.807, 2.05) is 0 Å². The van der Waals surface area contributed by atoms with Gasteiger partial charge in [-0.3, -0.25) is 0 Å². The van der Waals surface area contributed by atoms with Crippen LogP contribution < -0.4 is 5.32 Å². The van der Waals surface area contributed by atoms with E-state index < -0.39 is 0 Å². The molecule has 2 rings (SSSR count). The average Bonchev–Trinajstić information content (AvgIpc) is 2.80. The molecule has 1 unspecified atom stereocenters. The molecule has 0 radical (unpaired) electrons. The molecule has 3 heteroatoms. The second-order valence-corrected chi connectivity index (χ2v) is 5.50. The molecule has 0 spiro atoms. The topological polar surface area (TPSA) is 20.2 Å². The van der Waals surface area contributed by atoms with Crippen molar-refractivity contribution < 1.29 is 0 Å². The number of hydrogen-bond donors (Lipinski definition) is 1. The normalized spacial score (nSPS) is 21.3. The third-order valence-corrected chi connectivity index (χ3v) is 4.12. The van der Waals surface area contributed by atoms with Gasteiger partial charge < -0.3 is 14.8 Å². The number of nitrogens with one attached hydrogen (secondary N) is 1. The minimum Gasteiger partial charge on any atom is -0.352 e. The fourth-order valence-electron chi connectivity index (χ4n) is 2.72. The van der Waals surface area contributed by atoms with Crippen molar-refractivity contribution in [1.29, 1.82) is 0 Å². The van der Waals surface area contributed by atoms with Gasteiger partial charge in [0.1, 0.15) is 0 Å². The van der Waals surface area contributed by atoms with Crippen molar-refractivity contribution in [2.45, 2.75) is 26.8 Å². The molecule has 1 aliphatic heterocycles. The number of hydrogen-bond acceptors (Lipinski definition) is 2. The third kappa shape index (κ3) is 2.90. The predicted octanol–water partition coefficient (Wildman–Crippen LogP) is 1.68. The first-order chi connectivity index (χ1) is 8.08. The summed E-state index contributed by atoms with van der Waals surface area (Å²) in [4.78, 5) is 2.42. The molecule has 1 aromatic heterocycles. The van der Waals surface area contributed by atoms with E-state index in [1.165, 1.54) is 36.5 Å². The van der Waals surface area contributed by atoms with Gasteiger partial charge in [-0.15, -0.1) is 0 Å². The zero-order valence-corrected chi connectivity index (χ0v) is 11.6. The molecular weight excluding hydrogens is 210 g/mol. The molecule has 1 fully saturated rings. The molecule has 96 valence electrons. The van der Waals surface area contributed by atoms with Crippen LogP contribution in [0.5, 0.6) is 0 Å². The molecule has 2 heterocycles. The fraction of sp³-hybridized carbons (Fsp3) is 0.714. The molecule has 0 aromatic carbocycles. The van der Waals surface area contributed by atoms with Crippen LogP contribution in [0.4, 0.5) is 0 Å². The second kappa shape index (κ2) is 5.23. The van der Waals surface area contributed by atoms with E-state index in [2.05, 4.69) is 48.8 Å². The van der Waals surface area contributed by atoms with E-state index >= 15 is 0 Å². The Morgan fingerprint density at radius 1 is 1.35 bits per heavy atom. The molecule has 1 aliphatic rings. The van der Waals surface area contributed by atoms with Gasteiger partial charge in [0.2, 0.25) is 0 Å². The highest BCUT2D eigenvalue weighted by Gasteiger charge is 2.18. The number of likely N-dealkylation sites (tertiary alicyclic amines) is 1. The monoisotopic (exact) mass is 235 g/mol. The summed E-state index contributed by atoms with van der Waals surface area (Å²) < 4.78 is 2.26. The molecule has 0 amide bonds. The largest absolute Gasteiger partial charge is 0.352 e. The lowest BCUT2D eigenvalue weighted by Gasteiger charge is -2.11. The molecule has 1 N–H and O–H groups in total. The first-order valence-electron chi connectivity index (χ1n) is 6.59. The zero-order chi connectivity index (χ0) is 12.4. The van der Waals surface area contributed by atoms with Gasteiger partial charge in [-0.1, -0.05) is 0 Å². The molecule has 3 nitrogen and oxygen atoms in total. The summed E-state index contributed by atoms with van der Waals surface area (Å²) in [6.45, 7) is 9.04. The lowest BCUT2D eigenvalue weighted by atomic mass is 10.1. The van der Waals surface area contributed by atoms with E-state index in [9.17, 15) is 0 Å². The Balaban J connectivity index is 1.80. The first-order valence-corrected chi connectivity index (χ1v) is 6.59. The SMILES string of the molecule is Cc1cc(CNCC2CCN(C)C2)c(C)n1C. The summed E-state index contributed by atoms with van der Waals surface area (Å²) >= 11 is 0. The summed E-state index contributed by atoms with van der Waals surface area (Å²) in [5, 5.41) is 3.61. The van der Waals surface area contributed by atoms with Gasteiger partial charge in [-0.05, 0) is 58.0 Å². The Bertz CT molecular complexity index is 381. The van der Waals surface area contributed by atoms with Gasteiger partial charge in [-0.2, -0.15) is 0 Å². The van der Waals surface area contributed by atoms with Crippen molar-refractivity contribution in [3.63, 3.8) is 0 Å². The maximum absolute atomic E-state index is 3.61. The summed E-state index contributed by atoms with van der Waals surface area (Å²) in [5.74, 6) is 0.838. The van der Waals surface area contributed by atoms with Crippen LogP contribution in [0.3, 0.4) is 0 Å². The zero-order valence-electron chi connectivity index (χ0n) is 11.6. The van der Waals surface area contributed by atoms with E-state index in [-0.39, 0.29) is 0 Å². The smallest absolute Gasteiger partial charge is 0.0223 e. The van der Waals surface area contributed by atoms with Crippen LogP contribution in [0.1, 0.15) is 23.4 Å². The summed E-state index contributed by atoms with van der Waals surface area (Å²) in [7, 11) is 4.35. The fourth-order valence-corrected chi connectivity index (χ4v) is 2.72. The molecule has 0 bridgehead atoms. The Kier molecular flexibility index (Phi) is 3.89. The summed E-state index contributed by atoms with van der Waals surface area (Å²) in [6.07, 6.45) is 1.34. The lowest BCUT2D eigenvalue weighted by molar-refractivity contribution is 0.388. The van der Waals surface area contributed by atoms with Gasteiger partial charge in [0, 0.05) is 31.5 Å². The predicted molar refractivity (Wildman–Crippen MR) is 72.2 cm³/mol. The molecule has 17 heavy (non-hydrogen) atoms. The van der Waals surface area contributed by atoms with E-state index in [0.29, 0.717) is 0 Å². The highest BCUT2D eigenvalue weighted by atomic mass is 15.1. The molecule has 1 atom stereocenters. The quantitative estimate of drug-likeness (QED) is 0.857. The third-order valence-electron chi connectivity index (χ3n) is 4.12. The summed E-state index contributed by atoms with van der Waals surface area (Å²) in [6, 6.07) is 2.29. The number of aromatic nitrogens is 1. The second-order valence-electron chi connectivity index (χ2n) is 5.50. The maximum atomic E-state index is 3.61. The molecule has 1 saturated heterocycles. The molecule has 1 aromatic rings. The minimum atomic E-state index is 0.838. The van der Waals surface area contributed by atoms with Crippen LogP contribution in [0, 0.1) is 19.8 Å². The van der Waals surface area contributed by atoms with Crippen molar-refractivity contribution >= 4 is 0 Å². The van der Waals surface area contributed by atoms with E-state index in [0.717, 1.165) is 19.0 Å². The Morgan fingerprint density at radius 2 is 2.12 bits per heavy atom. The summed E-state index contributed by atoms with van der Waals surface area (Å²) in [5.41, 5.74) is 4.18. The number of rotatable bonds is 4. The minimum absolute atomic E-state index is 0.838. The van der Waals surface area contributed by atoms with Crippen molar-refractivity contribution in [2.75, 3.05) is 26.7 Å². The average molecular weight is 235 g/mol. The van der Waals surface area contributed by atoms with E-state index in [1.54, 1.807) is 0 Å². The highest BCUT2D eigenvalue weighted by molar-refractivity contribution is 5.26.